The molecule has 3 heterocycles. The number of carbonyl (C=O) groups excluding carboxylic acids is 3. The van der Waals surface area contributed by atoms with Crippen LogP contribution in [0.5, 0.6) is 0 Å². The van der Waals surface area contributed by atoms with E-state index in [0.717, 1.165) is 49.5 Å². The number of hydrogen-bond acceptors (Lipinski definition) is 5. The molecule has 1 aromatic carbocycles. The van der Waals surface area contributed by atoms with Gasteiger partial charge >= 0.3 is 0 Å². The number of fused-ring (bicyclic) bond motifs is 1. The molecule has 1 unspecified atom stereocenters. The Morgan fingerprint density at radius 1 is 1.10 bits per heavy atom. The van der Waals surface area contributed by atoms with Crippen LogP contribution in [0.3, 0.4) is 0 Å². The van der Waals surface area contributed by atoms with Crippen molar-refractivity contribution in [3.63, 3.8) is 0 Å². The standard InChI is InChI=1S/C23H30N4O3/c28-21-6-5-20(22(29)26-21)27-13-17-9-14(1-4-18(17)23(27)30)10-25-11-16-7-8-24-12-19(16)15-2-3-15/h1,4,9,15-16,19-20,24-25H,2-3,5-8,10-13H2,(H,26,28,29)/t16-,19+,20?/m0/s1. The summed E-state index contributed by atoms with van der Waals surface area (Å²) < 4.78 is 0. The fourth-order valence-corrected chi connectivity index (χ4v) is 5.41. The second kappa shape index (κ2) is 8.12. The Kier molecular flexibility index (Phi) is 5.33. The van der Waals surface area contributed by atoms with E-state index in [0.29, 0.717) is 18.5 Å². The highest BCUT2D eigenvalue weighted by atomic mass is 16.2. The minimum Gasteiger partial charge on any atom is -0.322 e. The summed E-state index contributed by atoms with van der Waals surface area (Å²) in [6.07, 6.45) is 4.71. The molecule has 4 aliphatic rings. The van der Waals surface area contributed by atoms with Crippen molar-refractivity contribution < 1.29 is 14.4 Å². The zero-order valence-corrected chi connectivity index (χ0v) is 17.3. The molecule has 1 aromatic rings. The smallest absolute Gasteiger partial charge is 0.255 e. The molecule has 160 valence electrons. The highest BCUT2D eigenvalue weighted by Gasteiger charge is 2.39. The van der Waals surface area contributed by atoms with E-state index >= 15 is 0 Å². The SMILES string of the molecule is O=C1CCC(N2Cc3cc(CNC[C@@H]4CCNC[C@@H]4C4CC4)ccc3C2=O)C(=O)N1. The molecule has 2 saturated heterocycles. The molecule has 30 heavy (non-hydrogen) atoms. The average Bonchev–Trinajstić information content (AvgIpc) is 3.53. The molecule has 0 aromatic heterocycles. The van der Waals surface area contributed by atoms with Crippen molar-refractivity contribution in [1.82, 2.24) is 20.9 Å². The molecule has 1 saturated carbocycles. The second-order valence-corrected chi connectivity index (χ2v) is 9.28. The number of amides is 3. The number of hydrogen-bond donors (Lipinski definition) is 3. The lowest BCUT2D eigenvalue weighted by Gasteiger charge is -2.32. The van der Waals surface area contributed by atoms with Crippen LogP contribution in [0, 0.1) is 17.8 Å². The minimum atomic E-state index is -0.552. The largest absolute Gasteiger partial charge is 0.322 e. The van der Waals surface area contributed by atoms with E-state index in [1.165, 1.54) is 24.8 Å². The van der Waals surface area contributed by atoms with Crippen LogP contribution in [0.2, 0.25) is 0 Å². The predicted octanol–water partition coefficient (Wildman–Crippen LogP) is 1.17. The Labute approximate surface area is 177 Å². The van der Waals surface area contributed by atoms with Crippen LogP contribution >= 0.6 is 0 Å². The van der Waals surface area contributed by atoms with Gasteiger partial charge in [0.15, 0.2) is 0 Å². The number of rotatable bonds is 6. The van der Waals surface area contributed by atoms with E-state index in [9.17, 15) is 14.4 Å². The fraction of sp³-hybridized carbons (Fsp3) is 0.609. The Morgan fingerprint density at radius 2 is 1.97 bits per heavy atom. The maximum atomic E-state index is 12.8. The highest BCUT2D eigenvalue weighted by Crippen LogP contribution is 2.42. The van der Waals surface area contributed by atoms with E-state index in [1.807, 2.05) is 12.1 Å². The lowest BCUT2D eigenvalue weighted by Crippen LogP contribution is -2.52. The van der Waals surface area contributed by atoms with Gasteiger partial charge in [-0.05, 0) is 80.3 Å². The molecule has 5 rings (SSSR count). The van der Waals surface area contributed by atoms with E-state index in [4.69, 9.17) is 0 Å². The molecule has 3 atom stereocenters. The van der Waals surface area contributed by atoms with E-state index in [-0.39, 0.29) is 24.1 Å². The molecule has 3 fully saturated rings. The first-order valence-electron chi connectivity index (χ1n) is 11.3. The number of imide groups is 1. The third kappa shape index (κ3) is 3.88. The van der Waals surface area contributed by atoms with Gasteiger partial charge in [0.25, 0.3) is 5.91 Å². The Morgan fingerprint density at radius 3 is 2.77 bits per heavy atom. The summed E-state index contributed by atoms with van der Waals surface area (Å²) in [5, 5.41) is 9.55. The van der Waals surface area contributed by atoms with Gasteiger partial charge in [0.1, 0.15) is 6.04 Å². The third-order valence-electron chi connectivity index (χ3n) is 7.23. The lowest BCUT2D eigenvalue weighted by atomic mass is 9.83. The van der Waals surface area contributed by atoms with E-state index in [2.05, 4.69) is 22.0 Å². The van der Waals surface area contributed by atoms with Crippen LogP contribution in [0.4, 0.5) is 0 Å². The van der Waals surface area contributed by atoms with Gasteiger partial charge in [-0.3, -0.25) is 19.7 Å². The summed E-state index contributed by atoms with van der Waals surface area (Å²) in [5.74, 6) is 1.76. The molecule has 0 radical (unpaired) electrons. The molecule has 3 aliphatic heterocycles. The summed E-state index contributed by atoms with van der Waals surface area (Å²) in [7, 11) is 0. The number of nitrogens with zero attached hydrogens (tertiary/aromatic N) is 1. The van der Waals surface area contributed by atoms with Crippen LogP contribution in [-0.4, -0.2) is 48.3 Å². The zero-order valence-electron chi connectivity index (χ0n) is 17.3. The van der Waals surface area contributed by atoms with Gasteiger partial charge in [-0.2, -0.15) is 0 Å². The van der Waals surface area contributed by atoms with Crippen LogP contribution in [0.1, 0.15) is 53.6 Å². The topological polar surface area (TPSA) is 90.5 Å². The Hall–Kier alpha value is -2.25. The molecule has 7 nitrogen and oxygen atoms in total. The number of carbonyl (C=O) groups is 3. The minimum absolute atomic E-state index is 0.110. The maximum absolute atomic E-state index is 12.8. The van der Waals surface area contributed by atoms with Crippen molar-refractivity contribution in [3.8, 4) is 0 Å². The molecule has 0 spiro atoms. The van der Waals surface area contributed by atoms with Gasteiger partial charge in [0.05, 0.1) is 0 Å². The van der Waals surface area contributed by atoms with Gasteiger partial charge < -0.3 is 15.5 Å². The highest BCUT2D eigenvalue weighted by molar-refractivity contribution is 6.05. The predicted molar refractivity (Wildman–Crippen MR) is 111 cm³/mol. The molecule has 0 bridgehead atoms. The van der Waals surface area contributed by atoms with Crippen LogP contribution in [0.25, 0.3) is 0 Å². The average molecular weight is 411 g/mol. The summed E-state index contributed by atoms with van der Waals surface area (Å²) in [5.41, 5.74) is 2.82. The first-order chi connectivity index (χ1) is 14.6. The van der Waals surface area contributed by atoms with Crippen molar-refractivity contribution in [2.24, 2.45) is 17.8 Å². The van der Waals surface area contributed by atoms with E-state index < -0.39 is 6.04 Å². The Balaban J connectivity index is 1.19. The van der Waals surface area contributed by atoms with Crippen molar-refractivity contribution in [3.05, 3.63) is 34.9 Å². The van der Waals surface area contributed by atoms with Gasteiger partial charge in [0.2, 0.25) is 11.8 Å². The molecule has 1 aliphatic carbocycles. The fourth-order valence-electron chi connectivity index (χ4n) is 5.41. The third-order valence-corrected chi connectivity index (χ3v) is 7.23. The zero-order chi connectivity index (χ0) is 20.7. The van der Waals surface area contributed by atoms with Crippen molar-refractivity contribution in [2.75, 3.05) is 19.6 Å². The summed E-state index contributed by atoms with van der Waals surface area (Å²) in [4.78, 5) is 38.0. The first kappa shape index (κ1) is 19.7. The van der Waals surface area contributed by atoms with Crippen LogP contribution < -0.4 is 16.0 Å². The van der Waals surface area contributed by atoms with Gasteiger partial charge in [-0.15, -0.1) is 0 Å². The van der Waals surface area contributed by atoms with Crippen molar-refractivity contribution in [2.45, 2.75) is 51.2 Å². The lowest BCUT2D eigenvalue weighted by molar-refractivity contribution is -0.136. The van der Waals surface area contributed by atoms with Gasteiger partial charge in [-0.25, -0.2) is 0 Å². The molecule has 7 heteroatoms. The normalized spacial score (nSPS) is 29.1. The van der Waals surface area contributed by atoms with Gasteiger partial charge in [0, 0.05) is 25.1 Å². The van der Waals surface area contributed by atoms with Crippen LogP contribution in [0.15, 0.2) is 18.2 Å². The molecular formula is C23H30N4O3. The van der Waals surface area contributed by atoms with E-state index in [1.54, 1.807) is 4.90 Å². The monoisotopic (exact) mass is 410 g/mol. The maximum Gasteiger partial charge on any atom is 0.255 e. The summed E-state index contributed by atoms with van der Waals surface area (Å²) in [6.45, 7) is 4.55. The molecular weight excluding hydrogens is 380 g/mol. The summed E-state index contributed by atoms with van der Waals surface area (Å²) >= 11 is 0. The first-order valence-corrected chi connectivity index (χ1v) is 11.3. The number of benzene rings is 1. The van der Waals surface area contributed by atoms with Gasteiger partial charge in [-0.1, -0.05) is 12.1 Å². The van der Waals surface area contributed by atoms with Crippen LogP contribution in [-0.2, 0) is 22.7 Å². The summed E-state index contributed by atoms with van der Waals surface area (Å²) in [6, 6.07) is 5.44. The van der Waals surface area contributed by atoms with Crippen molar-refractivity contribution >= 4 is 17.7 Å². The number of nitrogens with one attached hydrogen (secondary N) is 3. The second-order valence-electron chi connectivity index (χ2n) is 9.28. The molecule has 3 amide bonds. The molecule has 3 N–H and O–H groups in total. The number of piperidine rings is 2. The van der Waals surface area contributed by atoms with Crippen molar-refractivity contribution in [1.29, 1.82) is 0 Å². The Bertz CT molecular complexity index is 866. The quantitative estimate of drug-likeness (QED) is 0.613.